The number of rotatable bonds is 7. The van der Waals surface area contributed by atoms with Crippen molar-refractivity contribution in [2.45, 2.75) is 63.4 Å². The summed E-state index contributed by atoms with van der Waals surface area (Å²) < 4.78 is 54.0. The van der Waals surface area contributed by atoms with Crippen molar-refractivity contribution in [2.75, 3.05) is 50.9 Å². The standard InChI is InChI=1S/C30H34F3N9O6/c1-3-19-22(39-6-8-40(9-7-39)25(45)21-23(44)17(2)34-16-35-21)26(46)42-27(36-24(38-42)18-4-10-47-11-5-18)41(19)12-20(43)37-28-13-29(14-28,48-15-28)30(31,32)33/h4,16,44H,3,5-15H2,1-2H3,(H,37,43). The van der Waals surface area contributed by atoms with E-state index in [9.17, 15) is 32.7 Å². The summed E-state index contributed by atoms with van der Waals surface area (Å²) in [6.07, 6.45) is -1.38. The van der Waals surface area contributed by atoms with Gasteiger partial charge in [-0.1, -0.05) is 13.0 Å². The zero-order chi connectivity index (χ0) is 34.0. The summed E-state index contributed by atoms with van der Waals surface area (Å²) in [7, 11) is 0. The van der Waals surface area contributed by atoms with Crippen LogP contribution in [0, 0.1) is 6.92 Å². The van der Waals surface area contributed by atoms with E-state index in [1.807, 2.05) is 17.9 Å². The van der Waals surface area contributed by atoms with Crippen molar-refractivity contribution in [3.63, 3.8) is 0 Å². The third-order valence-electron chi connectivity index (χ3n) is 9.60. The van der Waals surface area contributed by atoms with Crippen molar-refractivity contribution in [2.24, 2.45) is 0 Å². The van der Waals surface area contributed by atoms with Gasteiger partial charge in [-0.2, -0.15) is 22.7 Å². The van der Waals surface area contributed by atoms with Crippen molar-refractivity contribution >= 4 is 28.9 Å². The molecule has 2 amide bonds. The molecule has 7 heterocycles. The molecule has 3 saturated heterocycles. The van der Waals surface area contributed by atoms with Crippen LogP contribution >= 0.6 is 0 Å². The number of aromatic nitrogens is 6. The second-order valence-corrected chi connectivity index (χ2v) is 12.6. The minimum absolute atomic E-state index is 0.108. The summed E-state index contributed by atoms with van der Waals surface area (Å²) in [6, 6.07) is 0. The molecular weight excluding hydrogens is 639 g/mol. The van der Waals surface area contributed by atoms with Crippen LogP contribution in [-0.4, -0.2) is 114 Å². The van der Waals surface area contributed by atoms with E-state index in [-0.39, 0.29) is 80.8 Å². The fraction of sp³-hybridized carbons (Fsp3) is 0.567. The van der Waals surface area contributed by atoms with Crippen molar-refractivity contribution in [1.29, 1.82) is 0 Å². The van der Waals surface area contributed by atoms with Crippen LogP contribution in [0.2, 0.25) is 0 Å². The number of hydrogen-bond donors (Lipinski definition) is 2. The van der Waals surface area contributed by atoms with Gasteiger partial charge in [-0.05, 0) is 25.3 Å². The Bertz CT molecular complexity index is 1890. The third kappa shape index (κ3) is 5.17. The molecule has 0 atom stereocenters. The predicted molar refractivity (Wildman–Crippen MR) is 161 cm³/mol. The van der Waals surface area contributed by atoms with E-state index in [0.29, 0.717) is 37.6 Å². The lowest BCUT2D eigenvalue weighted by Crippen LogP contribution is -2.64. The summed E-state index contributed by atoms with van der Waals surface area (Å²) in [5.74, 6) is -0.867. The van der Waals surface area contributed by atoms with Gasteiger partial charge in [0.05, 0.1) is 36.7 Å². The van der Waals surface area contributed by atoms with Crippen molar-refractivity contribution in [1.82, 2.24) is 39.3 Å². The molecule has 2 N–H and O–H groups in total. The van der Waals surface area contributed by atoms with Gasteiger partial charge in [-0.15, -0.1) is 5.10 Å². The molecule has 18 heteroatoms. The first-order chi connectivity index (χ1) is 22.9. The largest absolute Gasteiger partial charge is 0.504 e. The molecule has 3 aromatic rings. The second kappa shape index (κ2) is 11.5. The van der Waals surface area contributed by atoms with Gasteiger partial charge in [0, 0.05) is 39.0 Å². The molecule has 4 fully saturated rings. The molecule has 48 heavy (non-hydrogen) atoms. The number of amides is 2. The number of alkyl halides is 3. The topological polar surface area (TPSA) is 169 Å². The summed E-state index contributed by atoms with van der Waals surface area (Å²) in [4.78, 5) is 56.7. The monoisotopic (exact) mass is 673 g/mol. The average Bonchev–Trinajstić information content (AvgIpc) is 3.77. The number of ether oxygens (including phenoxy) is 2. The number of nitrogens with zero attached hydrogens (tertiary/aromatic N) is 8. The van der Waals surface area contributed by atoms with Crippen molar-refractivity contribution < 1.29 is 37.3 Å². The number of piperazine rings is 1. The minimum Gasteiger partial charge on any atom is -0.504 e. The third-order valence-corrected chi connectivity index (χ3v) is 9.60. The number of aryl methyl sites for hydroxylation is 1. The Morgan fingerprint density at radius 2 is 1.90 bits per heavy atom. The Balaban J connectivity index is 1.20. The molecule has 1 saturated carbocycles. The van der Waals surface area contributed by atoms with E-state index in [1.165, 1.54) is 11.2 Å². The Morgan fingerprint density at radius 3 is 2.54 bits per heavy atom. The van der Waals surface area contributed by atoms with E-state index in [0.717, 1.165) is 10.1 Å². The molecule has 0 unspecified atom stereocenters. The molecule has 4 aliphatic heterocycles. The number of hydrogen-bond acceptors (Lipinski definition) is 11. The quantitative estimate of drug-likeness (QED) is 0.367. The Kier molecular flexibility index (Phi) is 7.69. The molecule has 3 aromatic heterocycles. The van der Waals surface area contributed by atoms with E-state index >= 15 is 0 Å². The normalized spacial score (nSPS) is 24.1. The van der Waals surface area contributed by atoms with Crippen LogP contribution in [0.3, 0.4) is 0 Å². The maximum Gasteiger partial charge on any atom is 0.417 e. The summed E-state index contributed by atoms with van der Waals surface area (Å²) in [5, 5.41) is 17.7. The van der Waals surface area contributed by atoms with Gasteiger partial charge in [0.2, 0.25) is 11.7 Å². The van der Waals surface area contributed by atoms with Gasteiger partial charge >= 0.3 is 6.18 Å². The van der Waals surface area contributed by atoms with Crippen molar-refractivity contribution in [3.8, 4) is 5.75 Å². The predicted octanol–water partition coefficient (Wildman–Crippen LogP) is 1.00. The number of fused-ring (bicyclic) bond motifs is 2. The smallest absolute Gasteiger partial charge is 0.417 e. The molecule has 8 rings (SSSR count). The summed E-state index contributed by atoms with van der Waals surface area (Å²) >= 11 is 0. The van der Waals surface area contributed by atoms with E-state index < -0.39 is 34.7 Å². The van der Waals surface area contributed by atoms with Gasteiger partial charge in [-0.25, -0.2) is 9.97 Å². The lowest BCUT2D eigenvalue weighted by Gasteiger charge is -2.45. The van der Waals surface area contributed by atoms with E-state index in [4.69, 9.17) is 9.47 Å². The number of carbonyl (C=O) groups excluding carboxylic acids is 2. The maximum atomic E-state index is 14.1. The molecule has 1 aliphatic carbocycles. The van der Waals surface area contributed by atoms with Crippen LogP contribution in [0.15, 0.2) is 17.2 Å². The SMILES string of the molecule is CCc1c(N2CCN(C(=O)c3ncnc(C)c3O)CC2)c(=O)n2nc(C3=CCOCC3)nc2n1CC(=O)NC12COC(C(F)(F)F)(C1)C2. The molecule has 0 aromatic carbocycles. The lowest BCUT2D eigenvalue weighted by atomic mass is 9.68. The number of nitrogens with one attached hydrogen (secondary N) is 1. The van der Waals surface area contributed by atoms with Gasteiger partial charge in [0.25, 0.3) is 11.5 Å². The van der Waals surface area contributed by atoms with Gasteiger partial charge < -0.3 is 34.3 Å². The first-order valence-electron chi connectivity index (χ1n) is 15.7. The van der Waals surface area contributed by atoms with Gasteiger partial charge in [0.1, 0.15) is 18.6 Å². The van der Waals surface area contributed by atoms with Crippen LogP contribution < -0.4 is 15.8 Å². The van der Waals surface area contributed by atoms with Crippen LogP contribution in [-0.2, 0) is 27.2 Å². The average molecular weight is 674 g/mol. The number of aromatic hydroxyl groups is 1. The first kappa shape index (κ1) is 32.0. The molecule has 2 bridgehead atoms. The number of halogens is 3. The fourth-order valence-electron chi connectivity index (χ4n) is 7.11. The zero-order valence-electron chi connectivity index (χ0n) is 26.3. The highest BCUT2D eigenvalue weighted by molar-refractivity contribution is 5.95. The molecule has 15 nitrogen and oxygen atoms in total. The fourth-order valence-corrected chi connectivity index (χ4v) is 7.11. The maximum absolute atomic E-state index is 14.1. The van der Waals surface area contributed by atoms with Crippen LogP contribution in [0.5, 0.6) is 5.75 Å². The Morgan fingerprint density at radius 1 is 1.15 bits per heavy atom. The highest BCUT2D eigenvalue weighted by atomic mass is 19.4. The zero-order valence-corrected chi connectivity index (χ0v) is 26.3. The van der Waals surface area contributed by atoms with Crippen LogP contribution in [0.25, 0.3) is 11.4 Å². The Labute approximate surface area is 271 Å². The number of carbonyl (C=O) groups is 2. The molecular formula is C30H34F3N9O6. The second-order valence-electron chi connectivity index (χ2n) is 12.6. The van der Waals surface area contributed by atoms with Gasteiger partial charge in [0.15, 0.2) is 22.9 Å². The summed E-state index contributed by atoms with van der Waals surface area (Å²) in [6.45, 7) is 4.56. The number of anilines is 1. The van der Waals surface area contributed by atoms with Crippen LogP contribution in [0.4, 0.5) is 18.9 Å². The van der Waals surface area contributed by atoms with E-state index in [2.05, 4.69) is 25.4 Å². The van der Waals surface area contributed by atoms with E-state index in [1.54, 1.807) is 11.5 Å². The molecule has 256 valence electrons. The summed E-state index contributed by atoms with van der Waals surface area (Å²) in [5.41, 5.74) is -2.08. The highest BCUT2D eigenvalue weighted by Crippen LogP contribution is 2.59. The van der Waals surface area contributed by atoms with Crippen molar-refractivity contribution in [3.05, 3.63) is 45.7 Å². The molecule has 5 aliphatic rings. The lowest BCUT2D eigenvalue weighted by molar-refractivity contribution is -0.273. The first-order valence-corrected chi connectivity index (χ1v) is 15.7. The Hall–Kier alpha value is -4.58. The highest BCUT2D eigenvalue weighted by Gasteiger charge is 2.74. The molecule has 0 radical (unpaired) electrons. The molecule has 0 spiro atoms. The van der Waals surface area contributed by atoms with Gasteiger partial charge in [-0.3, -0.25) is 14.4 Å². The van der Waals surface area contributed by atoms with Crippen LogP contribution in [0.1, 0.15) is 53.9 Å². The minimum atomic E-state index is -4.54.